The number of carbonyl (C=O) groups is 1. The highest BCUT2D eigenvalue weighted by atomic mass is 16.5. The number of ether oxygens (including phenoxy) is 5. The smallest absolute Gasteiger partial charge is 0.161 e. The summed E-state index contributed by atoms with van der Waals surface area (Å²) in [6.07, 6.45) is 0.823. The van der Waals surface area contributed by atoms with Gasteiger partial charge in [-0.2, -0.15) is 0 Å². The molecule has 0 N–H and O–H groups in total. The van der Waals surface area contributed by atoms with E-state index in [1.54, 1.807) is 37.6 Å². The lowest BCUT2D eigenvalue weighted by Gasteiger charge is -2.21. The summed E-state index contributed by atoms with van der Waals surface area (Å²) in [6.45, 7) is -0.607. The first kappa shape index (κ1) is 21.2. The summed E-state index contributed by atoms with van der Waals surface area (Å²) in [5.74, 6) is 0.777. The molecule has 0 spiro atoms. The molecular weight excluding hydrogens is 390 g/mol. The maximum absolute atomic E-state index is 11.1. The molecule has 0 bridgehead atoms. The van der Waals surface area contributed by atoms with E-state index < -0.39 is 18.7 Å². The lowest BCUT2D eigenvalue weighted by atomic mass is 9.99. The number of fused-ring (bicyclic) bond motifs is 1. The van der Waals surface area contributed by atoms with Crippen molar-refractivity contribution in [3.05, 3.63) is 53.9 Å². The molecule has 0 unspecified atom stereocenters. The standard InChI is InChI=1S/C22H23NO7/c1-26-16-6-5-14(10-17(16)27-2)22(30-12-20(24)25)21-15-11-19(29-4)18(28-3)9-13(15)7-8-23-21/h5-11,22H,12H2,1-4H3,(H,24,25)/p-1/t22-/m0/s1. The molecule has 8 heteroatoms. The van der Waals surface area contributed by atoms with Gasteiger partial charge in [0.2, 0.25) is 0 Å². The van der Waals surface area contributed by atoms with E-state index in [4.69, 9.17) is 23.7 Å². The number of aliphatic carboxylic acids is 1. The number of benzene rings is 2. The monoisotopic (exact) mass is 412 g/mol. The van der Waals surface area contributed by atoms with E-state index in [1.165, 1.54) is 21.3 Å². The van der Waals surface area contributed by atoms with Gasteiger partial charge in [-0.1, -0.05) is 6.07 Å². The summed E-state index contributed by atoms with van der Waals surface area (Å²) >= 11 is 0. The van der Waals surface area contributed by atoms with Crippen molar-refractivity contribution in [2.24, 2.45) is 0 Å². The lowest BCUT2D eigenvalue weighted by molar-refractivity contribution is -0.310. The fourth-order valence-electron chi connectivity index (χ4n) is 3.23. The van der Waals surface area contributed by atoms with Crippen LogP contribution in [-0.2, 0) is 9.53 Å². The van der Waals surface area contributed by atoms with Crippen LogP contribution in [0.4, 0.5) is 0 Å². The summed E-state index contributed by atoms with van der Waals surface area (Å²) in [5.41, 5.74) is 1.16. The third-order valence-electron chi connectivity index (χ3n) is 4.63. The second-order valence-electron chi connectivity index (χ2n) is 6.30. The lowest BCUT2D eigenvalue weighted by Crippen LogP contribution is -2.28. The number of aromatic nitrogens is 1. The third-order valence-corrected chi connectivity index (χ3v) is 4.63. The minimum atomic E-state index is -1.33. The molecule has 0 aliphatic rings. The zero-order valence-electron chi connectivity index (χ0n) is 17.1. The van der Waals surface area contributed by atoms with E-state index in [1.807, 2.05) is 12.1 Å². The molecule has 3 rings (SSSR count). The highest BCUT2D eigenvalue weighted by Crippen LogP contribution is 2.38. The van der Waals surface area contributed by atoms with E-state index in [2.05, 4.69) is 4.98 Å². The van der Waals surface area contributed by atoms with Gasteiger partial charge in [-0.05, 0) is 41.3 Å². The topological polar surface area (TPSA) is 99.2 Å². The van der Waals surface area contributed by atoms with Crippen LogP contribution in [0.25, 0.3) is 10.8 Å². The van der Waals surface area contributed by atoms with Crippen LogP contribution >= 0.6 is 0 Å². The first-order valence-electron chi connectivity index (χ1n) is 9.06. The van der Waals surface area contributed by atoms with E-state index in [-0.39, 0.29) is 0 Å². The van der Waals surface area contributed by atoms with Gasteiger partial charge in [0.1, 0.15) is 6.10 Å². The fourth-order valence-corrected chi connectivity index (χ4v) is 3.23. The molecule has 2 aromatic carbocycles. The van der Waals surface area contributed by atoms with Crippen LogP contribution in [-0.4, -0.2) is 46.0 Å². The summed E-state index contributed by atoms with van der Waals surface area (Å²) in [5, 5.41) is 12.7. The number of rotatable bonds is 9. The van der Waals surface area contributed by atoms with Crippen LogP contribution in [0, 0.1) is 0 Å². The van der Waals surface area contributed by atoms with Crippen LogP contribution in [0.5, 0.6) is 23.0 Å². The molecule has 1 atom stereocenters. The fraction of sp³-hybridized carbons (Fsp3) is 0.273. The Balaban J connectivity index is 2.19. The number of methoxy groups -OCH3 is 4. The molecule has 0 aliphatic heterocycles. The molecule has 0 saturated heterocycles. The average Bonchev–Trinajstić information content (AvgIpc) is 2.77. The first-order valence-corrected chi connectivity index (χ1v) is 9.06. The molecule has 158 valence electrons. The van der Waals surface area contributed by atoms with Gasteiger partial charge in [0, 0.05) is 11.6 Å². The van der Waals surface area contributed by atoms with Crippen molar-refractivity contribution in [1.82, 2.24) is 4.98 Å². The summed E-state index contributed by atoms with van der Waals surface area (Å²) in [6, 6.07) is 10.6. The van der Waals surface area contributed by atoms with Crippen LogP contribution in [0.2, 0.25) is 0 Å². The molecule has 3 aromatic rings. The van der Waals surface area contributed by atoms with Gasteiger partial charge >= 0.3 is 0 Å². The van der Waals surface area contributed by atoms with Gasteiger partial charge in [-0.25, -0.2) is 0 Å². The Hall–Kier alpha value is -3.52. The van der Waals surface area contributed by atoms with Gasteiger partial charge in [0.25, 0.3) is 0 Å². The molecule has 0 saturated carbocycles. The highest BCUT2D eigenvalue weighted by molar-refractivity contribution is 5.88. The molecule has 0 aliphatic carbocycles. The third kappa shape index (κ3) is 4.23. The molecule has 0 fully saturated rings. The number of carbonyl (C=O) groups excluding carboxylic acids is 1. The van der Waals surface area contributed by atoms with Crippen LogP contribution in [0.1, 0.15) is 17.4 Å². The Morgan fingerprint density at radius 3 is 2.17 bits per heavy atom. The number of hydrogen-bond acceptors (Lipinski definition) is 8. The van der Waals surface area contributed by atoms with Crippen molar-refractivity contribution >= 4 is 16.7 Å². The Morgan fingerprint density at radius 1 is 0.900 bits per heavy atom. The molecular formula is C22H22NO7-. The Labute approximate surface area is 173 Å². The van der Waals surface area contributed by atoms with Crippen LogP contribution < -0.4 is 24.1 Å². The number of pyridine rings is 1. The van der Waals surface area contributed by atoms with Crippen molar-refractivity contribution in [1.29, 1.82) is 0 Å². The summed E-state index contributed by atoms with van der Waals surface area (Å²) in [7, 11) is 6.15. The van der Waals surface area contributed by atoms with E-state index in [9.17, 15) is 9.90 Å². The van der Waals surface area contributed by atoms with E-state index in [0.29, 0.717) is 34.3 Å². The van der Waals surface area contributed by atoms with Gasteiger partial charge in [-0.15, -0.1) is 0 Å². The second-order valence-corrected chi connectivity index (χ2v) is 6.30. The van der Waals surface area contributed by atoms with E-state index in [0.717, 1.165) is 10.8 Å². The second kappa shape index (κ2) is 9.32. The van der Waals surface area contributed by atoms with Crippen LogP contribution in [0.3, 0.4) is 0 Å². The predicted molar refractivity (Wildman–Crippen MR) is 107 cm³/mol. The number of carboxylic acid groups (broad SMARTS) is 1. The zero-order chi connectivity index (χ0) is 21.7. The average molecular weight is 412 g/mol. The molecule has 1 heterocycles. The number of hydrogen-bond donors (Lipinski definition) is 0. The molecule has 8 nitrogen and oxygen atoms in total. The Bertz CT molecular complexity index is 1050. The quantitative estimate of drug-likeness (QED) is 0.527. The Morgan fingerprint density at radius 2 is 1.53 bits per heavy atom. The molecule has 0 radical (unpaired) electrons. The number of nitrogens with zero attached hydrogens (tertiary/aromatic N) is 1. The van der Waals surface area contributed by atoms with Gasteiger partial charge < -0.3 is 33.6 Å². The molecule has 1 aromatic heterocycles. The molecule has 0 amide bonds. The summed E-state index contributed by atoms with van der Waals surface area (Å²) in [4.78, 5) is 15.6. The van der Waals surface area contributed by atoms with Crippen molar-refractivity contribution in [2.75, 3.05) is 35.0 Å². The minimum Gasteiger partial charge on any atom is -0.548 e. The van der Waals surface area contributed by atoms with Crippen molar-refractivity contribution in [3.63, 3.8) is 0 Å². The maximum Gasteiger partial charge on any atom is 0.161 e. The maximum atomic E-state index is 11.1. The largest absolute Gasteiger partial charge is 0.548 e. The van der Waals surface area contributed by atoms with Crippen LogP contribution in [0.15, 0.2) is 42.6 Å². The number of carboxylic acids is 1. The first-order chi connectivity index (χ1) is 14.5. The van der Waals surface area contributed by atoms with Gasteiger partial charge in [0.05, 0.1) is 46.7 Å². The SMILES string of the molecule is COc1ccc([C@H](OCC(=O)[O-])c2nccc3cc(OC)c(OC)cc23)cc1OC. The summed E-state index contributed by atoms with van der Waals surface area (Å²) < 4.78 is 27.1. The normalized spacial score (nSPS) is 11.7. The van der Waals surface area contributed by atoms with E-state index >= 15 is 0 Å². The van der Waals surface area contributed by atoms with Crippen molar-refractivity contribution in [2.45, 2.75) is 6.10 Å². The zero-order valence-corrected chi connectivity index (χ0v) is 17.1. The highest BCUT2D eigenvalue weighted by Gasteiger charge is 2.22. The molecule has 30 heavy (non-hydrogen) atoms. The van der Waals surface area contributed by atoms with Gasteiger partial charge in [-0.3, -0.25) is 4.98 Å². The van der Waals surface area contributed by atoms with Gasteiger partial charge in [0.15, 0.2) is 23.0 Å². The van der Waals surface area contributed by atoms with Crippen molar-refractivity contribution < 1.29 is 33.6 Å². The predicted octanol–water partition coefficient (Wildman–Crippen LogP) is 2.13. The Kier molecular flexibility index (Phi) is 6.58. The minimum absolute atomic E-state index is 0.483. The van der Waals surface area contributed by atoms with Crippen molar-refractivity contribution in [3.8, 4) is 23.0 Å².